The maximum atomic E-state index is 3.64. The van der Waals surface area contributed by atoms with Crippen molar-refractivity contribution >= 4 is 0 Å². The molecule has 104 valence electrons. The van der Waals surface area contributed by atoms with Crippen molar-refractivity contribution in [1.29, 1.82) is 0 Å². The summed E-state index contributed by atoms with van der Waals surface area (Å²) in [7, 11) is 0. The van der Waals surface area contributed by atoms with Gasteiger partial charge in [-0.15, -0.1) is 0 Å². The summed E-state index contributed by atoms with van der Waals surface area (Å²) in [6.07, 6.45) is 6.91. The van der Waals surface area contributed by atoms with Crippen LogP contribution in [0.1, 0.15) is 45.1 Å². The molecule has 1 spiro atoms. The summed E-state index contributed by atoms with van der Waals surface area (Å²) in [5.74, 6) is 0.807. The molecule has 0 radical (unpaired) electrons. The zero-order valence-corrected chi connectivity index (χ0v) is 12.4. The summed E-state index contributed by atoms with van der Waals surface area (Å²) in [6, 6.07) is 11.1. The molecule has 1 heteroatoms. The molecular formula is C18H27N. The number of rotatable bonds is 2. The third kappa shape index (κ3) is 2.23. The molecule has 1 saturated carbocycles. The Morgan fingerprint density at radius 2 is 1.89 bits per heavy atom. The normalized spacial score (nSPS) is 33.7. The molecule has 1 aliphatic carbocycles. The van der Waals surface area contributed by atoms with E-state index in [1.807, 2.05) is 0 Å². The average Bonchev–Trinajstić information content (AvgIpc) is 2.70. The van der Waals surface area contributed by atoms with Gasteiger partial charge >= 0.3 is 0 Å². The Balaban J connectivity index is 1.86. The van der Waals surface area contributed by atoms with Gasteiger partial charge in [-0.2, -0.15) is 0 Å². The molecule has 0 bridgehead atoms. The molecule has 2 fully saturated rings. The lowest BCUT2D eigenvalue weighted by Gasteiger charge is -2.51. The summed E-state index contributed by atoms with van der Waals surface area (Å²) < 4.78 is 0. The molecule has 1 nitrogen and oxygen atoms in total. The third-order valence-corrected chi connectivity index (χ3v) is 6.02. The highest BCUT2D eigenvalue weighted by atomic mass is 14.9. The second-order valence-electron chi connectivity index (χ2n) is 7.23. The highest BCUT2D eigenvalue weighted by Crippen LogP contribution is 2.60. The van der Waals surface area contributed by atoms with Crippen molar-refractivity contribution in [3.05, 3.63) is 35.9 Å². The van der Waals surface area contributed by atoms with Crippen LogP contribution in [-0.2, 0) is 6.42 Å². The van der Waals surface area contributed by atoms with Crippen LogP contribution in [0.25, 0.3) is 0 Å². The van der Waals surface area contributed by atoms with Crippen molar-refractivity contribution in [2.75, 3.05) is 13.1 Å². The molecule has 0 amide bonds. The van der Waals surface area contributed by atoms with Gasteiger partial charge in [-0.1, -0.05) is 50.6 Å². The van der Waals surface area contributed by atoms with Crippen molar-refractivity contribution < 1.29 is 0 Å². The third-order valence-electron chi connectivity index (χ3n) is 6.02. The van der Waals surface area contributed by atoms with E-state index < -0.39 is 0 Å². The lowest BCUT2D eigenvalue weighted by Crippen LogP contribution is -2.51. The first-order valence-electron chi connectivity index (χ1n) is 7.89. The van der Waals surface area contributed by atoms with E-state index >= 15 is 0 Å². The second kappa shape index (κ2) is 4.94. The zero-order chi connectivity index (χ0) is 13.3. The van der Waals surface area contributed by atoms with Crippen molar-refractivity contribution in [3.8, 4) is 0 Å². The number of hydrogen-bond donors (Lipinski definition) is 1. The van der Waals surface area contributed by atoms with E-state index in [0.717, 1.165) is 5.92 Å². The van der Waals surface area contributed by atoms with Gasteiger partial charge in [0.15, 0.2) is 0 Å². The van der Waals surface area contributed by atoms with E-state index in [0.29, 0.717) is 10.8 Å². The molecule has 1 aliphatic heterocycles. The lowest BCUT2D eigenvalue weighted by atomic mass is 9.57. The van der Waals surface area contributed by atoms with Crippen LogP contribution in [0.3, 0.4) is 0 Å². The molecule has 0 aromatic heterocycles. The summed E-state index contributed by atoms with van der Waals surface area (Å²) in [4.78, 5) is 0. The molecule has 1 heterocycles. The van der Waals surface area contributed by atoms with E-state index in [-0.39, 0.29) is 0 Å². The molecule has 19 heavy (non-hydrogen) atoms. The standard InChI is InChI=1S/C18H27N/c1-17(2)9-6-10-18(17)11-12-19-14-16(18)13-15-7-4-3-5-8-15/h3-5,7-8,16,19H,6,9-14H2,1-2H3. The molecule has 1 N–H and O–H groups in total. The topological polar surface area (TPSA) is 12.0 Å². The Kier molecular flexibility index (Phi) is 3.42. The van der Waals surface area contributed by atoms with Gasteiger partial charge in [0.2, 0.25) is 0 Å². The van der Waals surface area contributed by atoms with Crippen LogP contribution in [0, 0.1) is 16.7 Å². The molecule has 1 saturated heterocycles. The van der Waals surface area contributed by atoms with Crippen molar-refractivity contribution in [2.45, 2.75) is 46.0 Å². The van der Waals surface area contributed by atoms with Gasteiger partial charge < -0.3 is 5.32 Å². The zero-order valence-electron chi connectivity index (χ0n) is 12.4. The second-order valence-corrected chi connectivity index (χ2v) is 7.23. The molecule has 2 aliphatic rings. The van der Waals surface area contributed by atoms with Crippen LogP contribution in [0.15, 0.2) is 30.3 Å². The van der Waals surface area contributed by atoms with Gasteiger partial charge in [0.25, 0.3) is 0 Å². The number of nitrogens with one attached hydrogen (secondary N) is 1. The highest BCUT2D eigenvalue weighted by molar-refractivity contribution is 5.17. The Bertz CT molecular complexity index is 423. The van der Waals surface area contributed by atoms with Crippen molar-refractivity contribution in [1.82, 2.24) is 5.32 Å². The first-order chi connectivity index (χ1) is 9.14. The van der Waals surface area contributed by atoms with E-state index in [1.54, 1.807) is 0 Å². The SMILES string of the molecule is CC1(C)CCCC12CCNCC2Cc1ccccc1. The fourth-order valence-electron chi connectivity index (χ4n) is 4.81. The first-order valence-corrected chi connectivity index (χ1v) is 7.89. The van der Waals surface area contributed by atoms with Crippen molar-refractivity contribution in [3.63, 3.8) is 0 Å². The number of hydrogen-bond acceptors (Lipinski definition) is 1. The van der Waals surface area contributed by atoms with E-state index in [4.69, 9.17) is 0 Å². The Morgan fingerprint density at radius 1 is 1.11 bits per heavy atom. The lowest BCUT2D eigenvalue weighted by molar-refractivity contribution is 0.00457. The van der Waals surface area contributed by atoms with Gasteiger partial charge in [0, 0.05) is 0 Å². The number of piperidine rings is 1. The van der Waals surface area contributed by atoms with Crippen LogP contribution in [0.2, 0.25) is 0 Å². The van der Waals surface area contributed by atoms with E-state index in [1.165, 1.54) is 50.8 Å². The van der Waals surface area contributed by atoms with Crippen LogP contribution >= 0.6 is 0 Å². The molecule has 1 aromatic carbocycles. The summed E-state index contributed by atoms with van der Waals surface area (Å²) in [5.41, 5.74) is 2.61. The van der Waals surface area contributed by atoms with Crippen LogP contribution in [-0.4, -0.2) is 13.1 Å². The quantitative estimate of drug-likeness (QED) is 0.843. The molecular weight excluding hydrogens is 230 g/mol. The van der Waals surface area contributed by atoms with Crippen LogP contribution < -0.4 is 5.32 Å². The largest absolute Gasteiger partial charge is 0.316 e. The van der Waals surface area contributed by atoms with Crippen LogP contribution in [0.4, 0.5) is 0 Å². The predicted octanol–water partition coefficient (Wildman–Crippen LogP) is 4.04. The fourth-order valence-corrected chi connectivity index (χ4v) is 4.81. The Morgan fingerprint density at radius 3 is 2.58 bits per heavy atom. The minimum absolute atomic E-state index is 0.522. The summed E-state index contributed by atoms with van der Waals surface area (Å²) in [6.45, 7) is 7.46. The Hall–Kier alpha value is -0.820. The monoisotopic (exact) mass is 257 g/mol. The fraction of sp³-hybridized carbons (Fsp3) is 0.667. The van der Waals surface area contributed by atoms with Crippen molar-refractivity contribution in [2.24, 2.45) is 16.7 Å². The van der Waals surface area contributed by atoms with Gasteiger partial charge in [0.1, 0.15) is 0 Å². The smallest absolute Gasteiger partial charge is 0.00118 e. The van der Waals surface area contributed by atoms with Gasteiger partial charge in [-0.3, -0.25) is 0 Å². The van der Waals surface area contributed by atoms with E-state index in [9.17, 15) is 0 Å². The predicted molar refractivity (Wildman–Crippen MR) is 81.2 cm³/mol. The van der Waals surface area contributed by atoms with Gasteiger partial charge in [0.05, 0.1) is 0 Å². The molecule has 2 atom stereocenters. The Labute approximate surface area is 117 Å². The summed E-state index contributed by atoms with van der Waals surface area (Å²) >= 11 is 0. The van der Waals surface area contributed by atoms with Crippen LogP contribution in [0.5, 0.6) is 0 Å². The number of benzene rings is 1. The first kappa shape index (κ1) is 13.2. The van der Waals surface area contributed by atoms with E-state index in [2.05, 4.69) is 49.5 Å². The minimum Gasteiger partial charge on any atom is -0.316 e. The van der Waals surface area contributed by atoms with Gasteiger partial charge in [-0.05, 0) is 61.1 Å². The van der Waals surface area contributed by atoms with Gasteiger partial charge in [-0.25, -0.2) is 0 Å². The minimum atomic E-state index is 0.522. The maximum Gasteiger partial charge on any atom is -0.00118 e. The molecule has 3 rings (SSSR count). The average molecular weight is 257 g/mol. The molecule has 1 aromatic rings. The molecule has 2 unspecified atom stereocenters. The highest BCUT2D eigenvalue weighted by Gasteiger charge is 2.53. The summed E-state index contributed by atoms with van der Waals surface area (Å²) in [5, 5.41) is 3.64. The maximum absolute atomic E-state index is 3.64.